The molecule has 0 bridgehead atoms. The standard InChI is InChI=1S/C9H8NO3/c11-8-6-7(9(12)13-8)10-4-2-1-3-5-10/h1-5,7H,6H2/q+1. The number of carbonyl (C=O) groups excluding carboxylic acids is 2. The van der Waals surface area contributed by atoms with Crippen molar-refractivity contribution in [3.8, 4) is 0 Å². The Balaban J connectivity index is 2.28. The van der Waals surface area contributed by atoms with Crippen molar-refractivity contribution in [1.29, 1.82) is 0 Å². The largest absolute Gasteiger partial charge is 0.388 e. The number of nitrogens with zero attached hydrogens (tertiary/aromatic N) is 1. The van der Waals surface area contributed by atoms with E-state index in [2.05, 4.69) is 4.74 Å². The van der Waals surface area contributed by atoms with Crippen LogP contribution in [0.5, 0.6) is 0 Å². The molecule has 1 aliphatic rings. The Labute approximate surface area is 74.8 Å². The molecule has 1 saturated heterocycles. The summed E-state index contributed by atoms with van der Waals surface area (Å²) in [6.45, 7) is 0. The van der Waals surface area contributed by atoms with Crippen LogP contribution in [0.25, 0.3) is 0 Å². The molecular formula is C9H8NO3+. The lowest BCUT2D eigenvalue weighted by molar-refractivity contribution is -0.707. The first-order valence-corrected chi connectivity index (χ1v) is 3.97. The molecule has 0 N–H and O–H groups in total. The van der Waals surface area contributed by atoms with Crippen molar-refractivity contribution in [3.05, 3.63) is 30.6 Å². The molecule has 1 aromatic heterocycles. The maximum absolute atomic E-state index is 11.1. The zero-order valence-corrected chi connectivity index (χ0v) is 6.84. The average Bonchev–Trinajstić information content (AvgIpc) is 2.47. The average molecular weight is 178 g/mol. The van der Waals surface area contributed by atoms with Crippen molar-refractivity contribution < 1.29 is 18.9 Å². The molecule has 0 radical (unpaired) electrons. The number of cyclic esters (lactones) is 2. The molecule has 2 heterocycles. The summed E-state index contributed by atoms with van der Waals surface area (Å²) in [6, 6.07) is 4.97. The minimum absolute atomic E-state index is 0.132. The van der Waals surface area contributed by atoms with E-state index in [4.69, 9.17) is 0 Å². The molecule has 1 aliphatic heterocycles. The summed E-state index contributed by atoms with van der Waals surface area (Å²) in [5.74, 6) is -0.924. The van der Waals surface area contributed by atoms with Crippen molar-refractivity contribution >= 4 is 11.9 Å². The van der Waals surface area contributed by atoms with E-state index in [0.29, 0.717) is 0 Å². The van der Waals surface area contributed by atoms with E-state index in [-0.39, 0.29) is 6.42 Å². The van der Waals surface area contributed by atoms with Gasteiger partial charge in [0, 0.05) is 12.1 Å². The molecule has 1 atom stereocenters. The molecule has 1 aromatic rings. The molecule has 1 fully saturated rings. The first-order valence-electron chi connectivity index (χ1n) is 3.97. The van der Waals surface area contributed by atoms with Crippen LogP contribution < -0.4 is 4.57 Å². The molecule has 4 nitrogen and oxygen atoms in total. The number of rotatable bonds is 1. The highest BCUT2D eigenvalue weighted by Gasteiger charge is 2.40. The minimum Gasteiger partial charge on any atom is -0.388 e. The minimum atomic E-state index is -0.478. The van der Waals surface area contributed by atoms with Gasteiger partial charge in [-0.25, -0.2) is 4.79 Å². The summed E-state index contributed by atoms with van der Waals surface area (Å²) in [6.07, 6.45) is 3.61. The van der Waals surface area contributed by atoms with Crippen molar-refractivity contribution in [2.45, 2.75) is 12.5 Å². The van der Waals surface area contributed by atoms with Crippen LogP contribution in [-0.4, -0.2) is 11.9 Å². The van der Waals surface area contributed by atoms with Gasteiger partial charge >= 0.3 is 11.9 Å². The van der Waals surface area contributed by atoms with E-state index in [1.54, 1.807) is 29.1 Å². The van der Waals surface area contributed by atoms with Gasteiger partial charge in [-0.1, -0.05) is 6.07 Å². The van der Waals surface area contributed by atoms with Crippen molar-refractivity contribution in [2.24, 2.45) is 0 Å². The van der Waals surface area contributed by atoms with Crippen LogP contribution in [0.1, 0.15) is 12.5 Å². The Morgan fingerprint density at radius 2 is 1.92 bits per heavy atom. The fourth-order valence-corrected chi connectivity index (χ4v) is 1.31. The second-order valence-electron chi connectivity index (χ2n) is 2.84. The number of hydrogen-bond donors (Lipinski definition) is 0. The summed E-state index contributed by atoms with van der Waals surface area (Å²) in [4.78, 5) is 21.9. The smallest absolute Gasteiger partial charge is 0.384 e. The maximum atomic E-state index is 11.1. The van der Waals surface area contributed by atoms with Gasteiger partial charge in [-0.15, -0.1) is 0 Å². The summed E-state index contributed by atoms with van der Waals surface area (Å²) in [5.41, 5.74) is 0. The lowest BCUT2D eigenvalue weighted by atomic mass is 10.2. The van der Waals surface area contributed by atoms with Crippen LogP contribution in [-0.2, 0) is 14.3 Å². The number of ether oxygens (including phenoxy) is 1. The van der Waals surface area contributed by atoms with E-state index >= 15 is 0 Å². The van der Waals surface area contributed by atoms with Gasteiger partial charge in [0.15, 0.2) is 12.4 Å². The number of esters is 2. The predicted molar refractivity (Wildman–Crippen MR) is 41.4 cm³/mol. The lowest BCUT2D eigenvalue weighted by Crippen LogP contribution is -2.41. The Morgan fingerprint density at radius 1 is 1.23 bits per heavy atom. The molecule has 0 saturated carbocycles. The number of carbonyl (C=O) groups is 2. The monoisotopic (exact) mass is 178 g/mol. The van der Waals surface area contributed by atoms with Gasteiger partial charge in [-0.3, -0.25) is 4.79 Å². The van der Waals surface area contributed by atoms with E-state index in [1.165, 1.54) is 0 Å². The summed E-state index contributed by atoms with van der Waals surface area (Å²) in [5, 5.41) is 0. The summed E-state index contributed by atoms with van der Waals surface area (Å²) in [7, 11) is 0. The van der Waals surface area contributed by atoms with Gasteiger partial charge < -0.3 is 4.74 Å². The quantitative estimate of drug-likeness (QED) is 0.345. The predicted octanol–water partition coefficient (Wildman–Crippen LogP) is -0.0113. The van der Waals surface area contributed by atoms with Gasteiger partial charge in [0.1, 0.15) is 6.42 Å². The number of pyridine rings is 1. The molecule has 2 rings (SSSR count). The fraction of sp³-hybridized carbons (Fsp3) is 0.222. The van der Waals surface area contributed by atoms with Crippen LogP contribution in [0, 0.1) is 0 Å². The summed E-state index contributed by atoms with van der Waals surface area (Å²) < 4.78 is 6.10. The third-order valence-electron chi connectivity index (χ3n) is 1.95. The third-order valence-corrected chi connectivity index (χ3v) is 1.95. The number of hydrogen-bond acceptors (Lipinski definition) is 3. The Kier molecular flexibility index (Phi) is 1.81. The Bertz CT molecular complexity index is 347. The second kappa shape index (κ2) is 2.97. The SMILES string of the molecule is O=C1CC([n+]2ccccc2)C(=O)O1. The second-order valence-corrected chi connectivity index (χ2v) is 2.84. The highest BCUT2D eigenvalue weighted by Crippen LogP contribution is 2.14. The van der Waals surface area contributed by atoms with E-state index in [9.17, 15) is 9.59 Å². The van der Waals surface area contributed by atoms with Crippen LogP contribution in [0.3, 0.4) is 0 Å². The first kappa shape index (κ1) is 7.91. The van der Waals surface area contributed by atoms with Crippen LogP contribution in [0.15, 0.2) is 30.6 Å². The topological polar surface area (TPSA) is 47.2 Å². The first-order chi connectivity index (χ1) is 6.27. The third kappa shape index (κ3) is 1.42. The highest BCUT2D eigenvalue weighted by atomic mass is 16.6. The van der Waals surface area contributed by atoms with Crippen LogP contribution in [0.4, 0.5) is 0 Å². The normalized spacial score (nSPS) is 21.7. The van der Waals surface area contributed by atoms with Crippen LogP contribution in [0.2, 0.25) is 0 Å². The molecule has 13 heavy (non-hydrogen) atoms. The van der Waals surface area contributed by atoms with Gasteiger partial charge in [0.05, 0.1) is 0 Å². The van der Waals surface area contributed by atoms with Gasteiger partial charge in [0.2, 0.25) is 0 Å². The maximum Gasteiger partial charge on any atom is 0.384 e. The van der Waals surface area contributed by atoms with Crippen LogP contribution >= 0.6 is 0 Å². The van der Waals surface area contributed by atoms with Crippen molar-refractivity contribution in [3.63, 3.8) is 0 Å². The van der Waals surface area contributed by atoms with E-state index < -0.39 is 18.0 Å². The zero-order chi connectivity index (χ0) is 9.26. The zero-order valence-electron chi connectivity index (χ0n) is 6.84. The van der Waals surface area contributed by atoms with Gasteiger partial charge in [-0.2, -0.15) is 4.57 Å². The Hall–Kier alpha value is -1.71. The molecule has 0 spiro atoms. The van der Waals surface area contributed by atoms with Crippen molar-refractivity contribution in [1.82, 2.24) is 0 Å². The van der Waals surface area contributed by atoms with Crippen molar-refractivity contribution in [2.75, 3.05) is 0 Å². The molecule has 0 amide bonds. The molecule has 0 aliphatic carbocycles. The summed E-state index contributed by atoms with van der Waals surface area (Å²) >= 11 is 0. The molecule has 4 heteroatoms. The molecule has 1 unspecified atom stereocenters. The number of aromatic nitrogens is 1. The lowest BCUT2D eigenvalue weighted by Gasteiger charge is -1.97. The van der Waals surface area contributed by atoms with E-state index in [1.807, 2.05) is 6.07 Å². The molecular weight excluding hydrogens is 170 g/mol. The Morgan fingerprint density at radius 3 is 2.46 bits per heavy atom. The van der Waals surface area contributed by atoms with Gasteiger partial charge in [0.25, 0.3) is 6.04 Å². The van der Waals surface area contributed by atoms with E-state index in [0.717, 1.165) is 0 Å². The molecule has 0 aromatic carbocycles. The fourth-order valence-electron chi connectivity index (χ4n) is 1.31. The molecule has 66 valence electrons. The van der Waals surface area contributed by atoms with Gasteiger partial charge in [-0.05, 0) is 0 Å². The highest BCUT2D eigenvalue weighted by molar-refractivity contribution is 5.94.